The molecule has 10 nitrogen and oxygen atoms in total. The molecule has 0 amide bonds. The van der Waals surface area contributed by atoms with Crippen molar-refractivity contribution in [2.45, 2.75) is 43.2 Å². The van der Waals surface area contributed by atoms with Crippen molar-refractivity contribution in [1.29, 1.82) is 5.26 Å². The van der Waals surface area contributed by atoms with Crippen LogP contribution in [0.5, 0.6) is 0 Å². The molecule has 3 aromatic rings. The molecule has 1 saturated heterocycles. The van der Waals surface area contributed by atoms with E-state index in [1.165, 1.54) is 4.31 Å². The normalized spacial score (nSPS) is 20.2. The Kier molecular flexibility index (Phi) is 5.89. The predicted octanol–water partition coefficient (Wildman–Crippen LogP) is 2.74. The Hall–Kier alpha value is -3.20. The molecule has 11 heteroatoms. The number of morpholine rings is 1. The summed E-state index contributed by atoms with van der Waals surface area (Å²) < 4.78 is 34.7. The average Bonchev–Trinajstić information content (AvgIpc) is 3.60. The van der Waals surface area contributed by atoms with Crippen LogP contribution in [-0.4, -0.2) is 53.3 Å². The van der Waals surface area contributed by atoms with Crippen molar-refractivity contribution in [3.63, 3.8) is 0 Å². The number of aromatic nitrogens is 3. The molecular formula is C23H26N6O4S. The number of aromatic amines is 1. The van der Waals surface area contributed by atoms with Gasteiger partial charge in [-0.3, -0.25) is 9.48 Å². The average molecular weight is 483 g/mol. The van der Waals surface area contributed by atoms with E-state index in [0.29, 0.717) is 54.5 Å². The maximum atomic E-state index is 13.1. The third-order valence-electron chi connectivity index (χ3n) is 6.44. The van der Waals surface area contributed by atoms with Gasteiger partial charge in [0.1, 0.15) is 5.39 Å². The lowest BCUT2D eigenvalue weighted by Crippen LogP contribution is -2.46. The van der Waals surface area contributed by atoms with Gasteiger partial charge in [0.2, 0.25) is 10.0 Å². The molecule has 1 saturated carbocycles. The topological polar surface area (TPSA) is 133 Å². The molecule has 2 fully saturated rings. The molecule has 3 heterocycles. The lowest BCUT2D eigenvalue weighted by molar-refractivity contribution is 0.0393. The fraction of sp³-hybridized carbons (Fsp3) is 0.435. The van der Waals surface area contributed by atoms with Crippen LogP contribution in [0.1, 0.15) is 32.2 Å². The highest BCUT2D eigenvalue weighted by molar-refractivity contribution is 7.89. The van der Waals surface area contributed by atoms with E-state index in [1.54, 1.807) is 41.2 Å². The van der Waals surface area contributed by atoms with Crippen LogP contribution in [0, 0.1) is 17.2 Å². The summed E-state index contributed by atoms with van der Waals surface area (Å²) in [5.41, 5.74) is 0.990. The quantitative estimate of drug-likeness (QED) is 0.529. The molecular weight excluding hydrogens is 456 g/mol. The summed E-state index contributed by atoms with van der Waals surface area (Å²) in [6.07, 6.45) is 3.98. The van der Waals surface area contributed by atoms with E-state index < -0.39 is 10.0 Å². The van der Waals surface area contributed by atoms with Crippen molar-refractivity contribution in [3.05, 3.63) is 46.9 Å². The molecule has 2 aromatic heterocycles. The van der Waals surface area contributed by atoms with Crippen LogP contribution >= 0.6 is 0 Å². The Morgan fingerprint density at radius 1 is 1.29 bits per heavy atom. The van der Waals surface area contributed by atoms with Crippen LogP contribution in [-0.2, 0) is 14.8 Å². The number of nitrogens with zero attached hydrogens (tertiary/aromatic N) is 4. The van der Waals surface area contributed by atoms with Gasteiger partial charge in [-0.15, -0.1) is 0 Å². The van der Waals surface area contributed by atoms with Crippen molar-refractivity contribution in [3.8, 4) is 6.07 Å². The molecule has 5 rings (SSSR count). The Morgan fingerprint density at radius 3 is 2.74 bits per heavy atom. The highest BCUT2D eigenvalue weighted by Gasteiger charge is 2.35. The first-order chi connectivity index (χ1) is 16.4. The van der Waals surface area contributed by atoms with Crippen LogP contribution in [0.4, 0.5) is 11.5 Å². The summed E-state index contributed by atoms with van der Waals surface area (Å²) in [6.45, 7) is 2.89. The Balaban J connectivity index is 1.46. The minimum atomic E-state index is -3.64. The van der Waals surface area contributed by atoms with Crippen LogP contribution in [0.25, 0.3) is 10.9 Å². The maximum absolute atomic E-state index is 13.1. The molecule has 0 bridgehead atoms. The summed E-state index contributed by atoms with van der Waals surface area (Å²) in [5.74, 6) is 0.750. The number of rotatable bonds is 7. The molecule has 2 aliphatic rings. The SMILES string of the molecule is C[C@H]1COCCN1S(=O)(=O)c1ccc(Nc2nn([C@@H](CC#N)C3CC3)c3cc[nH]c(=O)c23)cc1. The van der Waals surface area contributed by atoms with Crippen molar-refractivity contribution >= 4 is 32.4 Å². The van der Waals surface area contributed by atoms with E-state index in [1.807, 2.05) is 6.92 Å². The molecule has 1 aromatic carbocycles. The smallest absolute Gasteiger partial charge is 0.261 e. The third kappa shape index (κ3) is 4.09. The molecule has 2 N–H and O–H groups in total. The number of anilines is 2. The predicted molar refractivity (Wildman–Crippen MR) is 126 cm³/mol. The number of fused-ring (bicyclic) bond motifs is 1. The summed E-state index contributed by atoms with van der Waals surface area (Å²) in [6, 6.07) is 10.1. The van der Waals surface area contributed by atoms with Crippen LogP contribution in [0.2, 0.25) is 0 Å². The molecule has 178 valence electrons. The van der Waals surface area contributed by atoms with Crippen LogP contribution in [0.3, 0.4) is 0 Å². The van der Waals surface area contributed by atoms with Crippen molar-refractivity contribution in [2.24, 2.45) is 5.92 Å². The summed E-state index contributed by atoms with van der Waals surface area (Å²) in [7, 11) is -3.64. The number of sulfonamides is 1. The zero-order valence-corrected chi connectivity index (χ0v) is 19.6. The second-order valence-electron chi connectivity index (χ2n) is 8.82. The monoisotopic (exact) mass is 482 g/mol. The van der Waals surface area contributed by atoms with Gasteiger partial charge in [0.25, 0.3) is 5.56 Å². The standard InChI is InChI=1S/C23H26N6O4S/c1-15-14-33-13-12-28(15)34(31,32)18-6-4-17(5-7-18)26-22-21-20(9-11-25-23(21)30)29(27-22)19(8-10-24)16-2-3-16/h4-7,9,11,15-16,19H,2-3,8,12-14H2,1H3,(H,25,30)(H,26,27)/t15-,19-/m0/s1. The minimum Gasteiger partial charge on any atom is -0.378 e. The number of nitriles is 1. The van der Waals surface area contributed by atoms with E-state index in [2.05, 4.69) is 21.5 Å². The van der Waals surface area contributed by atoms with E-state index in [-0.39, 0.29) is 22.5 Å². The molecule has 0 unspecified atom stereocenters. The highest BCUT2D eigenvalue weighted by atomic mass is 32.2. The van der Waals surface area contributed by atoms with E-state index in [4.69, 9.17) is 4.74 Å². The second kappa shape index (κ2) is 8.87. The zero-order valence-electron chi connectivity index (χ0n) is 18.8. The lowest BCUT2D eigenvalue weighted by atomic mass is 10.1. The van der Waals surface area contributed by atoms with Gasteiger partial charge in [-0.1, -0.05) is 0 Å². The van der Waals surface area contributed by atoms with Crippen LogP contribution < -0.4 is 10.9 Å². The summed E-state index contributed by atoms with van der Waals surface area (Å²) >= 11 is 0. The molecule has 34 heavy (non-hydrogen) atoms. The van der Waals surface area contributed by atoms with Crippen molar-refractivity contribution in [1.82, 2.24) is 19.1 Å². The number of hydrogen-bond donors (Lipinski definition) is 2. The number of pyridine rings is 1. The van der Waals surface area contributed by atoms with Gasteiger partial charge >= 0.3 is 0 Å². The third-order valence-corrected chi connectivity index (χ3v) is 8.47. The Labute approximate surface area is 197 Å². The van der Waals surface area contributed by atoms with Gasteiger partial charge < -0.3 is 15.0 Å². The summed E-state index contributed by atoms with van der Waals surface area (Å²) in [4.78, 5) is 15.5. The highest BCUT2D eigenvalue weighted by Crippen LogP contribution is 2.43. The first-order valence-corrected chi connectivity index (χ1v) is 12.8. The lowest BCUT2D eigenvalue weighted by Gasteiger charge is -2.32. The number of H-pyrrole nitrogens is 1. The van der Waals surface area contributed by atoms with Crippen LogP contribution in [0.15, 0.2) is 46.2 Å². The van der Waals surface area contributed by atoms with Gasteiger partial charge in [-0.05, 0) is 56.0 Å². The van der Waals surface area contributed by atoms with Gasteiger partial charge in [0, 0.05) is 24.5 Å². The minimum absolute atomic E-state index is 0.0899. The van der Waals surface area contributed by atoms with Gasteiger partial charge in [0.05, 0.1) is 42.2 Å². The molecule has 2 atom stereocenters. The largest absolute Gasteiger partial charge is 0.378 e. The van der Waals surface area contributed by atoms with Gasteiger partial charge in [0.15, 0.2) is 5.82 Å². The maximum Gasteiger partial charge on any atom is 0.261 e. The second-order valence-corrected chi connectivity index (χ2v) is 10.7. The van der Waals surface area contributed by atoms with Gasteiger partial charge in [-0.2, -0.15) is 14.7 Å². The van der Waals surface area contributed by atoms with Crippen molar-refractivity contribution in [2.75, 3.05) is 25.1 Å². The zero-order chi connectivity index (χ0) is 23.9. The summed E-state index contributed by atoms with van der Waals surface area (Å²) in [5, 5.41) is 17.6. The first-order valence-electron chi connectivity index (χ1n) is 11.3. The molecule has 1 aliphatic heterocycles. The molecule has 1 aliphatic carbocycles. The van der Waals surface area contributed by atoms with Crippen molar-refractivity contribution < 1.29 is 13.2 Å². The number of nitrogens with one attached hydrogen (secondary N) is 2. The van der Waals surface area contributed by atoms with E-state index in [0.717, 1.165) is 12.8 Å². The number of ether oxygens (including phenoxy) is 1. The fourth-order valence-corrected chi connectivity index (χ4v) is 6.12. The van der Waals surface area contributed by atoms with E-state index in [9.17, 15) is 18.5 Å². The number of hydrogen-bond acceptors (Lipinski definition) is 7. The fourth-order valence-electron chi connectivity index (χ4n) is 4.52. The Bertz CT molecular complexity index is 1400. The molecule has 0 radical (unpaired) electrons. The van der Waals surface area contributed by atoms with E-state index >= 15 is 0 Å². The number of benzene rings is 1. The Morgan fingerprint density at radius 2 is 2.06 bits per heavy atom. The van der Waals surface area contributed by atoms with Gasteiger partial charge in [-0.25, -0.2) is 8.42 Å². The first kappa shape index (κ1) is 22.6. The molecule has 0 spiro atoms.